The number of nitrogens with zero attached hydrogens (tertiary/aromatic N) is 8. The lowest BCUT2D eigenvalue weighted by molar-refractivity contribution is -0.159. The van der Waals surface area contributed by atoms with Crippen LogP contribution < -0.4 is 4.90 Å². The Hall–Kier alpha value is -3.98. The van der Waals surface area contributed by atoms with Gasteiger partial charge in [0.05, 0.1) is 36.4 Å². The number of halogens is 3. The number of anilines is 2. The SMILES string of the molecule is O=C(c1ccc(N(Cc2ccc(-c3noc(C(F)(F)F)n3)s2)c2cnccn2)nn1)N1C[C@@H]2C[C@H]1CO2. The molecule has 0 saturated carbocycles. The third kappa shape index (κ3) is 4.62. The van der Waals surface area contributed by atoms with Crippen molar-refractivity contribution in [2.45, 2.75) is 31.3 Å². The molecule has 190 valence electrons. The average molecular weight is 530 g/mol. The van der Waals surface area contributed by atoms with Crippen molar-refractivity contribution in [3.63, 3.8) is 0 Å². The van der Waals surface area contributed by atoms with Crippen molar-refractivity contribution in [2.75, 3.05) is 18.1 Å². The van der Waals surface area contributed by atoms with Crippen LogP contribution in [0.4, 0.5) is 24.8 Å². The van der Waals surface area contributed by atoms with E-state index in [-0.39, 0.29) is 36.1 Å². The van der Waals surface area contributed by atoms with Gasteiger partial charge in [-0.05, 0) is 30.7 Å². The fourth-order valence-corrected chi connectivity index (χ4v) is 5.19. The minimum atomic E-state index is -4.72. The molecule has 1 amide bonds. The Kier molecular flexibility index (Phi) is 5.79. The van der Waals surface area contributed by atoms with Crippen molar-refractivity contribution in [2.24, 2.45) is 0 Å². The lowest BCUT2D eigenvalue weighted by Crippen LogP contribution is -2.41. The summed E-state index contributed by atoms with van der Waals surface area (Å²) in [5.74, 6) is -0.866. The zero-order chi connectivity index (χ0) is 25.6. The van der Waals surface area contributed by atoms with Gasteiger partial charge in [0.25, 0.3) is 5.91 Å². The highest BCUT2D eigenvalue weighted by atomic mass is 32.1. The molecular formula is C22H17F3N8O3S. The lowest BCUT2D eigenvalue weighted by Gasteiger charge is -2.26. The molecule has 2 bridgehead atoms. The number of carbonyl (C=O) groups is 1. The first-order valence-electron chi connectivity index (χ1n) is 11.1. The summed E-state index contributed by atoms with van der Waals surface area (Å²) in [6.07, 6.45) is 0.794. The van der Waals surface area contributed by atoms with Crippen LogP contribution in [0.5, 0.6) is 0 Å². The van der Waals surface area contributed by atoms with Crippen LogP contribution in [0, 0.1) is 0 Å². The van der Waals surface area contributed by atoms with Crippen LogP contribution in [0.1, 0.15) is 27.7 Å². The number of rotatable bonds is 6. The van der Waals surface area contributed by atoms with Gasteiger partial charge in [0.15, 0.2) is 17.3 Å². The Morgan fingerprint density at radius 2 is 2.05 bits per heavy atom. The molecule has 4 aromatic rings. The van der Waals surface area contributed by atoms with Crippen LogP contribution in [0.2, 0.25) is 0 Å². The number of hydrogen-bond donors (Lipinski definition) is 0. The van der Waals surface area contributed by atoms with E-state index in [1.54, 1.807) is 40.3 Å². The average Bonchev–Trinajstić information content (AvgIpc) is 3.71. The van der Waals surface area contributed by atoms with E-state index in [4.69, 9.17) is 4.74 Å². The number of morpholine rings is 1. The second-order valence-corrected chi connectivity index (χ2v) is 9.58. The Labute approximate surface area is 210 Å². The molecule has 0 spiro atoms. The fourth-order valence-electron chi connectivity index (χ4n) is 4.27. The summed E-state index contributed by atoms with van der Waals surface area (Å²) in [7, 11) is 0. The molecule has 6 rings (SSSR count). The smallest absolute Gasteiger partial charge is 0.374 e. The van der Waals surface area contributed by atoms with Crippen LogP contribution >= 0.6 is 11.3 Å². The van der Waals surface area contributed by atoms with Gasteiger partial charge in [0.2, 0.25) is 5.82 Å². The van der Waals surface area contributed by atoms with Crippen molar-refractivity contribution in [1.82, 2.24) is 35.2 Å². The Morgan fingerprint density at radius 1 is 1.16 bits per heavy atom. The number of amides is 1. The predicted octanol–water partition coefficient (Wildman–Crippen LogP) is 3.35. The van der Waals surface area contributed by atoms with E-state index in [1.165, 1.54) is 23.7 Å². The van der Waals surface area contributed by atoms with Crippen molar-refractivity contribution >= 4 is 28.9 Å². The minimum absolute atomic E-state index is 0.0644. The molecule has 2 aliphatic heterocycles. The number of carbonyl (C=O) groups excluding carboxylic acids is 1. The highest BCUT2D eigenvalue weighted by Gasteiger charge is 2.42. The van der Waals surface area contributed by atoms with Gasteiger partial charge in [-0.2, -0.15) is 18.2 Å². The summed E-state index contributed by atoms with van der Waals surface area (Å²) in [6.45, 7) is 1.33. The zero-order valence-electron chi connectivity index (χ0n) is 18.9. The Balaban J connectivity index is 1.23. The quantitative estimate of drug-likeness (QED) is 0.367. The molecule has 11 nitrogen and oxygen atoms in total. The maximum atomic E-state index is 12.9. The first-order chi connectivity index (χ1) is 17.8. The van der Waals surface area contributed by atoms with E-state index in [0.29, 0.717) is 29.7 Å². The summed E-state index contributed by atoms with van der Waals surface area (Å²) in [4.78, 5) is 29.5. The number of ether oxygens (including phenoxy) is 1. The number of aromatic nitrogens is 6. The second kappa shape index (κ2) is 9.15. The van der Waals surface area contributed by atoms with Crippen LogP contribution in [-0.2, 0) is 17.5 Å². The monoisotopic (exact) mass is 530 g/mol. The van der Waals surface area contributed by atoms with Gasteiger partial charge < -0.3 is 19.1 Å². The van der Waals surface area contributed by atoms with Crippen LogP contribution in [0.15, 0.2) is 47.4 Å². The van der Waals surface area contributed by atoms with E-state index < -0.39 is 12.1 Å². The van der Waals surface area contributed by atoms with E-state index in [0.717, 1.165) is 11.3 Å². The summed E-state index contributed by atoms with van der Waals surface area (Å²) in [5.41, 5.74) is 0.228. The molecule has 0 aliphatic carbocycles. The maximum Gasteiger partial charge on any atom is 0.471 e. The molecule has 0 unspecified atom stereocenters. The highest BCUT2D eigenvalue weighted by molar-refractivity contribution is 7.15. The third-order valence-electron chi connectivity index (χ3n) is 6.00. The molecule has 2 saturated heterocycles. The van der Waals surface area contributed by atoms with Crippen LogP contribution in [0.25, 0.3) is 10.7 Å². The van der Waals surface area contributed by atoms with Gasteiger partial charge in [-0.25, -0.2) is 4.98 Å². The molecule has 2 aliphatic rings. The third-order valence-corrected chi connectivity index (χ3v) is 7.06. The van der Waals surface area contributed by atoms with E-state index in [1.807, 2.05) is 0 Å². The molecule has 37 heavy (non-hydrogen) atoms. The van der Waals surface area contributed by atoms with E-state index in [9.17, 15) is 18.0 Å². The van der Waals surface area contributed by atoms with E-state index >= 15 is 0 Å². The first kappa shape index (κ1) is 23.4. The first-order valence-corrected chi connectivity index (χ1v) is 12.0. The Morgan fingerprint density at radius 3 is 2.70 bits per heavy atom. The normalized spacial score (nSPS) is 18.9. The van der Waals surface area contributed by atoms with Gasteiger partial charge in [0, 0.05) is 23.8 Å². The summed E-state index contributed by atoms with van der Waals surface area (Å²) >= 11 is 1.20. The number of alkyl halides is 3. The molecule has 2 atom stereocenters. The van der Waals surface area contributed by atoms with Crippen molar-refractivity contribution in [3.05, 3.63) is 59.3 Å². The van der Waals surface area contributed by atoms with Gasteiger partial charge >= 0.3 is 12.1 Å². The largest absolute Gasteiger partial charge is 0.471 e. The minimum Gasteiger partial charge on any atom is -0.374 e. The highest BCUT2D eigenvalue weighted by Crippen LogP contribution is 2.34. The summed E-state index contributed by atoms with van der Waals surface area (Å²) < 4.78 is 48.4. The van der Waals surface area contributed by atoms with Gasteiger partial charge in [-0.1, -0.05) is 5.16 Å². The van der Waals surface area contributed by atoms with Crippen molar-refractivity contribution in [1.29, 1.82) is 0 Å². The van der Waals surface area contributed by atoms with Crippen LogP contribution in [0.3, 0.4) is 0 Å². The lowest BCUT2D eigenvalue weighted by atomic mass is 10.2. The van der Waals surface area contributed by atoms with Crippen molar-refractivity contribution < 1.29 is 27.2 Å². The zero-order valence-corrected chi connectivity index (χ0v) is 19.7. The van der Waals surface area contributed by atoms with Gasteiger partial charge in [-0.15, -0.1) is 21.5 Å². The molecule has 6 heterocycles. The molecule has 2 fully saturated rings. The molecule has 4 aromatic heterocycles. The van der Waals surface area contributed by atoms with Crippen molar-refractivity contribution in [3.8, 4) is 10.7 Å². The maximum absolute atomic E-state index is 12.9. The fraction of sp³-hybridized carbons (Fsp3) is 0.318. The van der Waals surface area contributed by atoms with Gasteiger partial charge in [-0.3, -0.25) is 9.78 Å². The van der Waals surface area contributed by atoms with Gasteiger partial charge in [0.1, 0.15) is 0 Å². The molecule has 0 radical (unpaired) electrons. The summed E-state index contributed by atoms with van der Waals surface area (Å²) in [6, 6.07) is 6.69. The molecule has 15 heteroatoms. The predicted molar refractivity (Wildman–Crippen MR) is 122 cm³/mol. The number of likely N-dealkylation sites (tertiary alicyclic amines) is 1. The summed E-state index contributed by atoms with van der Waals surface area (Å²) in [5, 5.41) is 11.9. The molecule has 0 N–H and O–H groups in total. The number of thiophene rings is 1. The number of hydrogen-bond acceptors (Lipinski definition) is 11. The van der Waals surface area contributed by atoms with Crippen LogP contribution in [-0.4, -0.2) is 66.4 Å². The number of fused-ring (bicyclic) bond motifs is 2. The standard InChI is InChI=1S/C22H17F3N8O3S/c23-22(24,25)21-28-19(31-36-21)16-3-1-14(37-16)10-33(18-8-26-5-6-27-18)17-4-2-15(29-30-17)20(34)32-9-13-7-12(32)11-35-13/h1-6,8,12-13H,7,9-11H2/t12-,13-/m0/s1. The molecule has 0 aromatic carbocycles. The molecular weight excluding hydrogens is 513 g/mol. The topological polar surface area (TPSA) is 123 Å². The second-order valence-electron chi connectivity index (χ2n) is 8.42. The van der Waals surface area contributed by atoms with E-state index in [2.05, 4.69) is 34.8 Å². The Bertz CT molecular complexity index is 1410.